The third kappa shape index (κ3) is 2.67. The van der Waals surface area contributed by atoms with E-state index >= 15 is 0 Å². The fraction of sp³-hybridized carbons (Fsp3) is 0.625. The number of alkyl halides is 1. The largest absolute Gasteiger partial charge is 0.368 e. The molecule has 0 aromatic heterocycles. The van der Waals surface area contributed by atoms with E-state index in [1.165, 1.54) is 56.3 Å². The average molecular weight is 343 g/mol. The molecule has 2 aliphatic rings. The molecular formula is C16H21BrClN. The van der Waals surface area contributed by atoms with Crippen LogP contribution in [-0.2, 0) is 5.33 Å². The molecule has 1 aliphatic carbocycles. The average Bonchev–Trinajstić information content (AvgIpc) is 2.46. The zero-order valence-electron chi connectivity index (χ0n) is 11.2. The van der Waals surface area contributed by atoms with E-state index < -0.39 is 0 Å². The molecule has 1 aromatic rings. The second-order valence-electron chi connectivity index (χ2n) is 5.82. The Morgan fingerprint density at radius 3 is 2.79 bits per heavy atom. The van der Waals surface area contributed by atoms with Crippen LogP contribution < -0.4 is 4.90 Å². The maximum atomic E-state index is 6.37. The number of benzene rings is 1. The van der Waals surface area contributed by atoms with Crippen molar-refractivity contribution >= 4 is 33.2 Å². The van der Waals surface area contributed by atoms with Crippen molar-refractivity contribution in [2.75, 3.05) is 11.4 Å². The van der Waals surface area contributed by atoms with Crippen LogP contribution >= 0.6 is 27.5 Å². The van der Waals surface area contributed by atoms with Gasteiger partial charge >= 0.3 is 0 Å². The quantitative estimate of drug-likeness (QED) is 0.651. The van der Waals surface area contributed by atoms with Gasteiger partial charge in [0.05, 0.1) is 0 Å². The van der Waals surface area contributed by atoms with Crippen LogP contribution in [0.5, 0.6) is 0 Å². The van der Waals surface area contributed by atoms with Gasteiger partial charge in [0.25, 0.3) is 0 Å². The molecule has 1 aromatic carbocycles. The Bertz CT molecular complexity index is 446. The van der Waals surface area contributed by atoms with Crippen molar-refractivity contribution < 1.29 is 0 Å². The summed E-state index contributed by atoms with van der Waals surface area (Å²) in [4.78, 5) is 2.65. The van der Waals surface area contributed by atoms with Crippen molar-refractivity contribution in [2.45, 2.75) is 49.9 Å². The SMILES string of the molecule is Clc1cccc(N2CCCC3CCCCC32)c1CBr. The maximum Gasteiger partial charge on any atom is 0.0467 e. The molecule has 3 rings (SSSR count). The lowest BCUT2D eigenvalue weighted by Crippen LogP contribution is -2.47. The van der Waals surface area contributed by atoms with Gasteiger partial charge in [-0.25, -0.2) is 0 Å². The third-order valence-electron chi connectivity index (χ3n) is 4.78. The molecule has 1 saturated carbocycles. The summed E-state index contributed by atoms with van der Waals surface area (Å²) in [6.07, 6.45) is 8.35. The van der Waals surface area contributed by atoms with Crippen LogP contribution in [0.1, 0.15) is 44.1 Å². The minimum Gasteiger partial charge on any atom is -0.368 e. The van der Waals surface area contributed by atoms with Crippen LogP contribution in [-0.4, -0.2) is 12.6 Å². The monoisotopic (exact) mass is 341 g/mol. The molecule has 1 heterocycles. The van der Waals surface area contributed by atoms with Gasteiger partial charge in [0.2, 0.25) is 0 Å². The molecule has 2 unspecified atom stereocenters. The smallest absolute Gasteiger partial charge is 0.0467 e. The lowest BCUT2D eigenvalue weighted by Gasteiger charge is -2.46. The third-order valence-corrected chi connectivity index (χ3v) is 5.70. The Morgan fingerprint density at radius 2 is 1.95 bits per heavy atom. The Kier molecular flexibility index (Phi) is 4.38. The summed E-state index contributed by atoms with van der Waals surface area (Å²) in [6, 6.07) is 7.10. The first-order valence-electron chi connectivity index (χ1n) is 7.41. The van der Waals surface area contributed by atoms with E-state index in [1.807, 2.05) is 6.07 Å². The Balaban J connectivity index is 1.94. The summed E-state index contributed by atoms with van der Waals surface area (Å²) in [5, 5.41) is 1.74. The first kappa shape index (κ1) is 13.8. The molecule has 2 atom stereocenters. The highest BCUT2D eigenvalue weighted by molar-refractivity contribution is 9.08. The molecule has 0 N–H and O–H groups in total. The Labute approximate surface area is 129 Å². The van der Waals surface area contributed by atoms with Gasteiger partial charge in [-0.2, -0.15) is 0 Å². The van der Waals surface area contributed by atoms with Crippen LogP contribution in [0.4, 0.5) is 5.69 Å². The number of piperidine rings is 1. The van der Waals surface area contributed by atoms with Crippen molar-refractivity contribution in [1.82, 2.24) is 0 Å². The molecule has 0 amide bonds. The van der Waals surface area contributed by atoms with Gasteiger partial charge in [-0.1, -0.05) is 46.4 Å². The standard InChI is InChI=1S/C16H21BrClN/c17-11-13-14(18)7-3-9-16(13)19-10-4-6-12-5-1-2-8-15(12)19/h3,7,9,12,15H,1-2,4-6,8,10-11H2. The topological polar surface area (TPSA) is 3.24 Å². The fourth-order valence-corrected chi connectivity index (χ4v) is 4.86. The number of hydrogen-bond acceptors (Lipinski definition) is 1. The van der Waals surface area contributed by atoms with Crippen LogP contribution in [0, 0.1) is 5.92 Å². The second-order valence-corrected chi connectivity index (χ2v) is 6.79. The van der Waals surface area contributed by atoms with E-state index in [0.717, 1.165) is 22.3 Å². The minimum atomic E-state index is 0.749. The molecule has 104 valence electrons. The molecule has 0 spiro atoms. The van der Waals surface area contributed by atoms with E-state index in [2.05, 4.69) is 33.0 Å². The summed E-state index contributed by atoms with van der Waals surface area (Å²) in [5.41, 5.74) is 2.62. The summed E-state index contributed by atoms with van der Waals surface area (Å²) in [5.74, 6) is 0.907. The number of rotatable bonds is 2. The number of hydrogen-bond donors (Lipinski definition) is 0. The lowest BCUT2D eigenvalue weighted by molar-refractivity contribution is 0.243. The highest BCUT2D eigenvalue weighted by Crippen LogP contribution is 2.40. The molecule has 0 bridgehead atoms. The molecule has 2 fully saturated rings. The normalized spacial score (nSPS) is 27.2. The van der Waals surface area contributed by atoms with Gasteiger partial charge in [-0.05, 0) is 43.7 Å². The number of anilines is 1. The first-order chi connectivity index (χ1) is 9.31. The molecule has 1 nitrogen and oxygen atoms in total. The highest BCUT2D eigenvalue weighted by atomic mass is 79.9. The molecule has 19 heavy (non-hydrogen) atoms. The first-order valence-corrected chi connectivity index (χ1v) is 8.91. The predicted molar refractivity (Wildman–Crippen MR) is 86.4 cm³/mol. The maximum absolute atomic E-state index is 6.37. The molecule has 0 radical (unpaired) electrons. The van der Waals surface area contributed by atoms with Gasteiger partial charge in [0, 0.05) is 34.2 Å². The summed E-state index contributed by atoms with van der Waals surface area (Å²) < 4.78 is 0. The van der Waals surface area contributed by atoms with Crippen LogP contribution in [0.2, 0.25) is 5.02 Å². The van der Waals surface area contributed by atoms with Gasteiger partial charge in [0.1, 0.15) is 0 Å². The highest BCUT2D eigenvalue weighted by Gasteiger charge is 2.34. The van der Waals surface area contributed by atoms with Crippen LogP contribution in [0.15, 0.2) is 18.2 Å². The molecule has 1 saturated heterocycles. The summed E-state index contributed by atoms with van der Waals surface area (Å²) in [6.45, 7) is 1.20. The number of nitrogens with zero attached hydrogens (tertiary/aromatic N) is 1. The predicted octanol–water partition coefficient (Wildman–Crippen LogP) is 5.39. The molecule has 1 aliphatic heterocycles. The minimum absolute atomic E-state index is 0.749. The van der Waals surface area contributed by atoms with Crippen molar-refractivity contribution in [3.63, 3.8) is 0 Å². The van der Waals surface area contributed by atoms with Crippen LogP contribution in [0.3, 0.4) is 0 Å². The van der Waals surface area contributed by atoms with E-state index in [4.69, 9.17) is 11.6 Å². The van der Waals surface area contributed by atoms with Crippen molar-refractivity contribution in [1.29, 1.82) is 0 Å². The van der Waals surface area contributed by atoms with Gasteiger partial charge in [0.15, 0.2) is 0 Å². The van der Waals surface area contributed by atoms with Gasteiger partial charge in [-0.3, -0.25) is 0 Å². The zero-order chi connectivity index (χ0) is 13.2. The van der Waals surface area contributed by atoms with E-state index in [-0.39, 0.29) is 0 Å². The van der Waals surface area contributed by atoms with Crippen molar-refractivity contribution in [3.8, 4) is 0 Å². The Morgan fingerprint density at radius 1 is 1.16 bits per heavy atom. The molecule has 3 heteroatoms. The zero-order valence-corrected chi connectivity index (χ0v) is 13.6. The van der Waals surface area contributed by atoms with Gasteiger partial charge in [-0.15, -0.1) is 0 Å². The van der Waals surface area contributed by atoms with Crippen molar-refractivity contribution in [2.24, 2.45) is 5.92 Å². The number of halogens is 2. The van der Waals surface area contributed by atoms with E-state index in [9.17, 15) is 0 Å². The van der Waals surface area contributed by atoms with Gasteiger partial charge < -0.3 is 4.90 Å². The number of fused-ring (bicyclic) bond motifs is 1. The molecular weight excluding hydrogens is 322 g/mol. The summed E-state index contributed by atoms with van der Waals surface area (Å²) >= 11 is 9.97. The fourth-order valence-electron chi connectivity index (χ4n) is 3.87. The van der Waals surface area contributed by atoms with E-state index in [0.29, 0.717) is 0 Å². The van der Waals surface area contributed by atoms with Crippen LogP contribution in [0.25, 0.3) is 0 Å². The van der Waals surface area contributed by atoms with E-state index in [1.54, 1.807) is 0 Å². The summed E-state index contributed by atoms with van der Waals surface area (Å²) in [7, 11) is 0. The Hall–Kier alpha value is -0.210. The lowest BCUT2D eigenvalue weighted by atomic mass is 9.78. The van der Waals surface area contributed by atoms with Crippen molar-refractivity contribution in [3.05, 3.63) is 28.8 Å². The second kappa shape index (κ2) is 6.05.